The molecule has 0 radical (unpaired) electrons. The molecule has 1 amide bonds. The van der Waals surface area contributed by atoms with Gasteiger partial charge in [-0.25, -0.2) is 4.79 Å². The van der Waals surface area contributed by atoms with Gasteiger partial charge in [-0.05, 0) is 61.1 Å². The maximum atomic E-state index is 15.2. The van der Waals surface area contributed by atoms with Crippen molar-refractivity contribution in [3.8, 4) is 5.75 Å². The Labute approximate surface area is 349 Å². The summed E-state index contributed by atoms with van der Waals surface area (Å²) in [6.45, 7) is 6.64. The second-order valence-corrected chi connectivity index (χ2v) is 17.0. The third-order valence-electron chi connectivity index (χ3n) is 14.4. The average molecular weight is 823 g/mol. The van der Waals surface area contributed by atoms with Crippen LogP contribution in [0, 0.1) is 5.41 Å². The summed E-state index contributed by atoms with van der Waals surface area (Å²) in [6.07, 6.45) is 6.60. The summed E-state index contributed by atoms with van der Waals surface area (Å²) in [6, 6.07) is 10.0. The quantitative estimate of drug-likeness (QED) is 0.144. The SMILES string of the molecule is CC/C1=C/N(C=O)CCc2c([nH]c3ccccc23)[C@@](C(=O)OC)(c2cc3c(cc2OC)N(C)[C@H]2[C@@](O)(C(=O)OC)[C@H](OC(C)=O)[C@]4(CC)C=CCN5CC[C@]32[C@H]54)CC(=O)C1. The summed E-state index contributed by atoms with van der Waals surface area (Å²) in [5.41, 5.74) is -1.78. The first-order chi connectivity index (χ1) is 28.8. The number of Topliss-reactive ketones (excluding diaryl/α,β-unsaturated/α-hetero) is 1. The van der Waals surface area contributed by atoms with Crippen LogP contribution in [0.25, 0.3) is 10.9 Å². The van der Waals surface area contributed by atoms with E-state index in [0.29, 0.717) is 55.7 Å². The number of anilines is 1. The van der Waals surface area contributed by atoms with Crippen molar-refractivity contribution < 1.29 is 48.0 Å². The number of methoxy groups -OCH3 is 3. The smallest absolute Gasteiger partial charge is 0.344 e. The second-order valence-electron chi connectivity index (χ2n) is 17.0. The predicted octanol–water partition coefficient (Wildman–Crippen LogP) is 4.24. The highest BCUT2D eigenvalue weighted by Crippen LogP contribution is 2.68. The first-order valence-electron chi connectivity index (χ1n) is 20.7. The highest BCUT2D eigenvalue weighted by atomic mass is 16.6. The van der Waals surface area contributed by atoms with Gasteiger partial charge in [0.05, 0.1) is 27.4 Å². The molecule has 2 fully saturated rings. The van der Waals surface area contributed by atoms with Crippen molar-refractivity contribution in [3.63, 3.8) is 0 Å². The summed E-state index contributed by atoms with van der Waals surface area (Å²) in [4.78, 5) is 78.9. The minimum Gasteiger partial charge on any atom is -0.496 e. The lowest BCUT2D eigenvalue weighted by molar-refractivity contribution is -0.228. The number of hydrogen-bond acceptors (Lipinski definition) is 12. The van der Waals surface area contributed by atoms with Gasteiger partial charge in [0.15, 0.2) is 6.10 Å². The number of carbonyl (C=O) groups is 5. The first kappa shape index (κ1) is 41.3. The lowest BCUT2D eigenvalue weighted by atomic mass is 9.47. The third-order valence-corrected chi connectivity index (χ3v) is 14.4. The number of nitrogens with zero attached hydrogens (tertiary/aromatic N) is 3. The third kappa shape index (κ3) is 5.48. The Bertz CT molecular complexity index is 2350. The molecule has 1 spiro atoms. The molecule has 2 aromatic carbocycles. The molecular weight excluding hydrogens is 769 g/mol. The molecule has 1 aliphatic carbocycles. The Hall–Kier alpha value is -5.47. The number of aromatic amines is 1. The van der Waals surface area contributed by atoms with Crippen LogP contribution < -0.4 is 9.64 Å². The zero-order valence-electron chi connectivity index (χ0n) is 35.3. The first-order valence-corrected chi connectivity index (χ1v) is 20.7. The number of amides is 1. The number of ether oxygens (including phenoxy) is 4. The average Bonchev–Trinajstić information content (AvgIpc) is 3.90. The molecule has 1 aromatic heterocycles. The molecule has 7 atom stereocenters. The largest absolute Gasteiger partial charge is 0.496 e. The van der Waals surface area contributed by atoms with Crippen molar-refractivity contribution in [2.75, 3.05) is 52.9 Å². The maximum Gasteiger partial charge on any atom is 0.344 e. The number of aliphatic hydroxyl groups is 1. The van der Waals surface area contributed by atoms with Gasteiger partial charge in [0.1, 0.15) is 16.9 Å². The van der Waals surface area contributed by atoms with Gasteiger partial charge in [0, 0.05) is 96.9 Å². The van der Waals surface area contributed by atoms with E-state index in [1.54, 1.807) is 18.1 Å². The number of benzene rings is 2. The Balaban J connectivity index is 1.47. The van der Waals surface area contributed by atoms with E-state index in [4.69, 9.17) is 18.9 Å². The van der Waals surface area contributed by atoms with Crippen molar-refractivity contribution >= 4 is 46.7 Å². The van der Waals surface area contributed by atoms with Gasteiger partial charge in [0.25, 0.3) is 0 Å². The van der Waals surface area contributed by atoms with E-state index in [1.807, 2.05) is 67.3 Å². The number of likely N-dealkylation sites (N-methyl/N-ethyl adjacent to an activating group) is 1. The Morgan fingerprint density at radius 1 is 1.02 bits per heavy atom. The predicted molar refractivity (Wildman–Crippen MR) is 221 cm³/mol. The number of aromatic nitrogens is 1. The van der Waals surface area contributed by atoms with Gasteiger partial charge in [-0.15, -0.1) is 0 Å². The maximum absolute atomic E-state index is 15.2. The number of allylic oxidation sites excluding steroid dienone is 1. The van der Waals surface area contributed by atoms with Crippen LogP contribution in [0.4, 0.5) is 5.69 Å². The molecular formula is C46H54N4O10. The summed E-state index contributed by atoms with van der Waals surface area (Å²) < 4.78 is 23.6. The fourth-order valence-electron chi connectivity index (χ4n) is 12.2. The lowest BCUT2D eigenvalue weighted by Gasteiger charge is -2.63. The number of hydrogen-bond donors (Lipinski definition) is 2. The summed E-state index contributed by atoms with van der Waals surface area (Å²) in [5.74, 6) is -2.22. The Morgan fingerprint density at radius 2 is 1.77 bits per heavy atom. The summed E-state index contributed by atoms with van der Waals surface area (Å²) in [5, 5.41) is 14.1. The zero-order chi connectivity index (χ0) is 42.9. The number of ketones is 1. The summed E-state index contributed by atoms with van der Waals surface area (Å²) in [7, 11) is 5.83. The fourth-order valence-corrected chi connectivity index (χ4v) is 12.2. The molecule has 8 rings (SSSR count). The number of nitrogens with one attached hydrogen (secondary N) is 1. The molecule has 1 saturated heterocycles. The van der Waals surface area contributed by atoms with Crippen LogP contribution in [0.1, 0.15) is 75.3 Å². The van der Waals surface area contributed by atoms with Crippen molar-refractivity contribution in [3.05, 3.63) is 82.7 Å². The van der Waals surface area contributed by atoms with Crippen LogP contribution in [0.2, 0.25) is 0 Å². The monoisotopic (exact) mass is 822 g/mol. The number of rotatable bonds is 8. The standard InChI is InChI=1S/C46H54N4O10/c1-8-28-21-29(53)24-45(41(54)58-6,37-31(15-19-49(25-28)26-51)30-13-10-11-14-34(30)47-37)33-22-32-35(23-36(33)57-5)48(4)39-44(32)17-20-50-18-12-16-43(9-2,38(44)50)40(60-27(3)52)46(39,56)42(55)59-7/h10-14,16,22-23,25-26,38-40,47,56H,8-9,15,17-21,24H2,1-7H3/b28-25-/t38-,39-,40-,43-,44-,45+,46+/m1/s1. The molecule has 318 valence electrons. The van der Waals surface area contributed by atoms with E-state index < -0.39 is 51.9 Å². The lowest BCUT2D eigenvalue weighted by Crippen LogP contribution is -2.81. The van der Waals surface area contributed by atoms with Crippen LogP contribution in [0.15, 0.2) is 60.3 Å². The van der Waals surface area contributed by atoms with Gasteiger partial charge < -0.3 is 38.8 Å². The van der Waals surface area contributed by atoms with Gasteiger partial charge >= 0.3 is 17.9 Å². The number of carbonyl (C=O) groups excluding carboxylic acids is 5. The van der Waals surface area contributed by atoms with E-state index in [9.17, 15) is 24.3 Å². The van der Waals surface area contributed by atoms with E-state index in [2.05, 4.69) is 9.88 Å². The Morgan fingerprint density at radius 3 is 2.43 bits per heavy atom. The molecule has 1 saturated carbocycles. The van der Waals surface area contributed by atoms with Crippen LogP contribution in [-0.4, -0.2) is 122 Å². The van der Waals surface area contributed by atoms with Gasteiger partial charge in [-0.1, -0.05) is 44.2 Å². The molecule has 3 aromatic rings. The number of para-hydroxylation sites is 1. The number of H-pyrrole nitrogens is 1. The van der Waals surface area contributed by atoms with Gasteiger partial charge in [-0.3, -0.25) is 24.1 Å². The minimum absolute atomic E-state index is 0.0107. The van der Waals surface area contributed by atoms with Gasteiger partial charge in [0.2, 0.25) is 12.0 Å². The van der Waals surface area contributed by atoms with E-state index in [1.165, 1.54) is 28.3 Å². The minimum atomic E-state index is -2.37. The molecule has 5 heterocycles. The number of fused-ring (bicyclic) bond motifs is 4. The van der Waals surface area contributed by atoms with Crippen molar-refractivity contribution in [1.29, 1.82) is 0 Å². The van der Waals surface area contributed by atoms with Crippen LogP contribution in [-0.2, 0) is 55.4 Å². The number of esters is 3. The van der Waals surface area contributed by atoms with E-state index >= 15 is 4.79 Å². The van der Waals surface area contributed by atoms with Crippen molar-refractivity contribution in [2.24, 2.45) is 5.41 Å². The molecule has 5 aliphatic rings. The van der Waals surface area contributed by atoms with Crippen molar-refractivity contribution in [2.45, 2.75) is 93.9 Å². The second kappa shape index (κ2) is 14.9. The molecule has 2 N–H and O–H groups in total. The molecule has 4 aliphatic heterocycles. The van der Waals surface area contributed by atoms with Gasteiger partial charge in [-0.2, -0.15) is 0 Å². The molecule has 14 nitrogen and oxygen atoms in total. The normalized spacial score (nSPS) is 31.8. The Kier molecular flexibility index (Phi) is 10.3. The zero-order valence-corrected chi connectivity index (χ0v) is 35.3. The fraction of sp³-hybridized carbons (Fsp3) is 0.500. The van der Waals surface area contributed by atoms with E-state index in [-0.39, 0.29) is 37.0 Å². The van der Waals surface area contributed by atoms with Crippen LogP contribution in [0.3, 0.4) is 0 Å². The molecule has 14 heteroatoms. The summed E-state index contributed by atoms with van der Waals surface area (Å²) >= 11 is 0. The van der Waals surface area contributed by atoms with E-state index in [0.717, 1.165) is 34.0 Å². The topological polar surface area (TPSA) is 168 Å². The molecule has 0 bridgehead atoms. The highest BCUT2D eigenvalue weighted by Gasteiger charge is 2.80. The van der Waals surface area contributed by atoms with Crippen LogP contribution in [0.5, 0.6) is 5.75 Å². The van der Waals surface area contributed by atoms with Crippen LogP contribution >= 0.6 is 0 Å². The molecule has 0 unspecified atom stereocenters. The molecule has 60 heavy (non-hydrogen) atoms. The highest BCUT2D eigenvalue weighted by molar-refractivity contribution is 5.99. The van der Waals surface area contributed by atoms with Crippen molar-refractivity contribution in [1.82, 2.24) is 14.8 Å².